The van der Waals surface area contributed by atoms with Crippen LogP contribution >= 0.6 is 0 Å². The molecule has 1 nitrogen and oxygen atoms in total. The molecule has 15 heavy (non-hydrogen) atoms. The third-order valence-electron chi connectivity index (χ3n) is 3.02. The van der Waals surface area contributed by atoms with Crippen molar-refractivity contribution in [3.63, 3.8) is 0 Å². The van der Waals surface area contributed by atoms with Crippen molar-refractivity contribution in [2.45, 2.75) is 25.9 Å². The first-order chi connectivity index (χ1) is 7.09. The summed E-state index contributed by atoms with van der Waals surface area (Å²) in [5.41, 5.74) is 0. The SMILES string of the molecule is C=C(CCCO)[Si](C)(C)c1ccccc1. The maximum Gasteiger partial charge on any atom is 0.106 e. The van der Waals surface area contributed by atoms with Gasteiger partial charge >= 0.3 is 0 Å². The van der Waals surface area contributed by atoms with Crippen LogP contribution in [-0.2, 0) is 0 Å². The fourth-order valence-electron chi connectivity index (χ4n) is 1.66. The summed E-state index contributed by atoms with van der Waals surface area (Å²) < 4.78 is 0. The Kier molecular flexibility index (Phi) is 4.30. The van der Waals surface area contributed by atoms with Crippen molar-refractivity contribution in [1.29, 1.82) is 0 Å². The number of allylic oxidation sites excluding steroid dienone is 1. The molecule has 0 saturated heterocycles. The lowest BCUT2D eigenvalue weighted by Crippen LogP contribution is -2.43. The first-order valence-corrected chi connectivity index (χ1v) is 8.43. The van der Waals surface area contributed by atoms with E-state index in [0.717, 1.165) is 12.8 Å². The average Bonchev–Trinajstić information content (AvgIpc) is 2.27. The fraction of sp³-hybridized carbons (Fsp3) is 0.385. The van der Waals surface area contributed by atoms with E-state index in [1.165, 1.54) is 10.4 Å². The van der Waals surface area contributed by atoms with E-state index in [9.17, 15) is 0 Å². The monoisotopic (exact) mass is 220 g/mol. The Morgan fingerprint density at radius 3 is 2.40 bits per heavy atom. The van der Waals surface area contributed by atoms with Gasteiger partial charge in [0, 0.05) is 6.61 Å². The van der Waals surface area contributed by atoms with Crippen molar-refractivity contribution in [3.05, 3.63) is 42.1 Å². The van der Waals surface area contributed by atoms with Crippen LogP contribution in [-0.4, -0.2) is 19.8 Å². The van der Waals surface area contributed by atoms with Crippen LogP contribution in [0.5, 0.6) is 0 Å². The number of benzene rings is 1. The molecule has 0 aliphatic heterocycles. The number of aliphatic hydroxyl groups excluding tert-OH is 1. The molecule has 1 N–H and O–H groups in total. The summed E-state index contributed by atoms with van der Waals surface area (Å²) in [7, 11) is -1.53. The molecule has 1 aromatic rings. The predicted molar refractivity (Wildman–Crippen MR) is 69.0 cm³/mol. The lowest BCUT2D eigenvalue weighted by atomic mass is 10.3. The second-order valence-electron chi connectivity index (χ2n) is 4.42. The van der Waals surface area contributed by atoms with Crippen molar-refractivity contribution in [3.8, 4) is 0 Å². The van der Waals surface area contributed by atoms with Gasteiger partial charge in [-0.1, -0.05) is 53.8 Å². The van der Waals surface area contributed by atoms with Gasteiger partial charge in [0.2, 0.25) is 0 Å². The molecule has 0 aliphatic rings. The van der Waals surface area contributed by atoms with Crippen LogP contribution in [0.1, 0.15) is 12.8 Å². The summed E-state index contributed by atoms with van der Waals surface area (Å²) >= 11 is 0. The van der Waals surface area contributed by atoms with Gasteiger partial charge in [-0.2, -0.15) is 0 Å². The quantitative estimate of drug-likeness (QED) is 0.756. The summed E-state index contributed by atoms with van der Waals surface area (Å²) in [6.07, 6.45) is 1.78. The summed E-state index contributed by atoms with van der Waals surface area (Å²) in [4.78, 5) is 0. The van der Waals surface area contributed by atoms with Crippen molar-refractivity contribution in [1.82, 2.24) is 0 Å². The van der Waals surface area contributed by atoms with Crippen molar-refractivity contribution < 1.29 is 5.11 Å². The molecule has 0 fully saturated rings. The van der Waals surface area contributed by atoms with Crippen LogP contribution in [0.25, 0.3) is 0 Å². The van der Waals surface area contributed by atoms with Crippen LogP contribution < -0.4 is 5.19 Å². The lowest BCUT2D eigenvalue weighted by molar-refractivity contribution is 0.289. The Bertz CT molecular complexity index is 317. The van der Waals surface area contributed by atoms with Crippen LogP contribution in [0.3, 0.4) is 0 Å². The minimum absolute atomic E-state index is 0.262. The van der Waals surface area contributed by atoms with Gasteiger partial charge in [0.25, 0.3) is 0 Å². The van der Waals surface area contributed by atoms with Gasteiger partial charge in [0.1, 0.15) is 8.07 Å². The van der Waals surface area contributed by atoms with Gasteiger partial charge in [-0.05, 0) is 12.8 Å². The Morgan fingerprint density at radius 1 is 1.27 bits per heavy atom. The van der Waals surface area contributed by atoms with E-state index < -0.39 is 8.07 Å². The minimum atomic E-state index is -1.53. The molecule has 1 rings (SSSR count). The Morgan fingerprint density at radius 2 is 1.87 bits per heavy atom. The van der Waals surface area contributed by atoms with Gasteiger partial charge in [0.15, 0.2) is 0 Å². The van der Waals surface area contributed by atoms with Gasteiger partial charge in [-0.25, -0.2) is 0 Å². The molecule has 0 heterocycles. The zero-order valence-electron chi connectivity index (χ0n) is 9.66. The number of hydrogen-bond acceptors (Lipinski definition) is 1. The molecule has 0 bridgehead atoms. The Balaban J connectivity index is 2.78. The largest absolute Gasteiger partial charge is 0.396 e. The molecular weight excluding hydrogens is 200 g/mol. The first-order valence-electron chi connectivity index (χ1n) is 5.43. The minimum Gasteiger partial charge on any atom is -0.396 e. The first kappa shape index (κ1) is 12.2. The van der Waals surface area contributed by atoms with E-state index in [1.54, 1.807) is 0 Å². The van der Waals surface area contributed by atoms with E-state index in [0.29, 0.717) is 0 Å². The highest BCUT2D eigenvalue weighted by molar-refractivity contribution is 6.95. The van der Waals surface area contributed by atoms with E-state index in [2.05, 4.69) is 43.9 Å². The third-order valence-corrected chi connectivity index (χ3v) is 6.81. The molecule has 1 aromatic carbocycles. The highest BCUT2D eigenvalue weighted by Crippen LogP contribution is 2.17. The van der Waals surface area contributed by atoms with Gasteiger partial charge in [0.05, 0.1) is 0 Å². The van der Waals surface area contributed by atoms with Gasteiger partial charge in [-0.3, -0.25) is 0 Å². The molecular formula is C13H20OSi. The molecule has 82 valence electrons. The Hall–Kier alpha value is -0.863. The van der Waals surface area contributed by atoms with Crippen LogP contribution in [0, 0.1) is 0 Å². The topological polar surface area (TPSA) is 20.2 Å². The van der Waals surface area contributed by atoms with E-state index in [1.807, 2.05) is 6.07 Å². The fourth-order valence-corrected chi connectivity index (χ4v) is 3.90. The smallest absolute Gasteiger partial charge is 0.106 e. The van der Waals surface area contributed by atoms with Gasteiger partial charge in [-0.15, -0.1) is 6.58 Å². The highest BCUT2D eigenvalue weighted by Gasteiger charge is 2.25. The zero-order chi connectivity index (χ0) is 11.3. The summed E-state index contributed by atoms with van der Waals surface area (Å²) in [5.74, 6) is 0. The van der Waals surface area contributed by atoms with Crippen LogP contribution in [0.15, 0.2) is 42.1 Å². The second kappa shape index (κ2) is 5.28. The highest BCUT2D eigenvalue weighted by atomic mass is 28.3. The summed E-state index contributed by atoms with van der Waals surface area (Å²) in [6.45, 7) is 9.10. The zero-order valence-corrected chi connectivity index (χ0v) is 10.7. The number of aliphatic hydroxyl groups is 1. The van der Waals surface area contributed by atoms with Crippen molar-refractivity contribution in [2.24, 2.45) is 0 Å². The number of hydrogen-bond donors (Lipinski definition) is 1. The third kappa shape index (κ3) is 3.04. The molecule has 0 spiro atoms. The van der Waals surface area contributed by atoms with Crippen molar-refractivity contribution in [2.75, 3.05) is 6.61 Å². The molecule has 0 unspecified atom stereocenters. The van der Waals surface area contributed by atoms with E-state index in [-0.39, 0.29) is 6.61 Å². The van der Waals surface area contributed by atoms with Crippen LogP contribution in [0.2, 0.25) is 13.1 Å². The summed E-state index contributed by atoms with van der Waals surface area (Å²) in [5, 5.41) is 11.6. The normalized spacial score (nSPS) is 11.4. The molecule has 0 saturated carbocycles. The molecule has 0 aromatic heterocycles. The molecule has 2 heteroatoms. The number of rotatable bonds is 5. The average molecular weight is 220 g/mol. The maximum absolute atomic E-state index is 8.83. The molecule has 0 amide bonds. The lowest BCUT2D eigenvalue weighted by Gasteiger charge is -2.25. The molecule has 0 aliphatic carbocycles. The maximum atomic E-state index is 8.83. The van der Waals surface area contributed by atoms with E-state index >= 15 is 0 Å². The molecule has 0 radical (unpaired) electrons. The summed E-state index contributed by atoms with van der Waals surface area (Å²) in [6, 6.07) is 10.6. The predicted octanol–water partition coefficient (Wildman–Crippen LogP) is 2.47. The van der Waals surface area contributed by atoms with Crippen LogP contribution in [0.4, 0.5) is 0 Å². The van der Waals surface area contributed by atoms with E-state index in [4.69, 9.17) is 5.11 Å². The van der Waals surface area contributed by atoms with Gasteiger partial charge < -0.3 is 5.11 Å². The standard InChI is InChI=1S/C13H20OSi/c1-12(8-7-11-14)15(2,3)13-9-5-4-6-10-13/h4-6,9-10,14H,1,7-8,11H2,2-3H3. The second-order valence-corrected chi connectivity index (χ2v) is 8.96. The molecule has 0 atom stereocenters. The Labute approximate surface area is 93.5 Å². The van der Waals surface area contributed by atoms with Crippen molar-refractivity contribution >= 4 is 13.3 Å².